The highest BCUT2D eigenvalue weighted by atomic mass is 16.5. The van der Waals surface area contributed by atoms with Gasteiger partial charge in [-0.3, -0.25) is 4.79 Å². The molecule has 0 aromatic heterocycles. The molecular formula is C12H18O2. The van der Waals surface area contributed by atoms with Crippen LogP contribution in [0.25, 0.3) is 0 Å². The van der Waals surface area contributed by atoms with Gasteiger partial charge < -0.3 is 4.74 Å². The van der Waals surface area contributed by atoms with Crippen LogP contribution >= 0.6 is 0 Å². The van der Waals surface area contributed by atoms with Crippen molar-refractivity contribution in [2.24, 2.45) is 0 Å². The number of carbonyl (C=O) groups excluding carboxylic acids is 1. The van der Waals surface area contributed by atoms with Crippen LogP contribution < -0.4 is 4.74 Å². The van der Waals surface area contributed by atoms with Crippen molar-refractivity contribution in [1.82, 2.24) is 0 Å². The topological polar surface area (TPSA) is 26.3 Å². The summed E-state index contributed by atoms with van der Waals surface area (Å²) >= 11 is 0. The number of ketones is 1. The average Bonchev–Trinajstić information content (AvgIpc) is 2.30. The number of Topliss-reactive ketones (excluding diaryl/α,β-unsaturated/α-hetero) is 1. The molecular weight excluding hydrogens is 176 g/mol. The molecule has 1 aromatic carbocycles. The van der Waals surface area contributed by atoms with E-state index in [0.29, 0.717) is 18.6 Å². The van der Waals surface area contributed by atoms with Crippen LogP contribution in [-0.4, -0.2) is 12.9 Å². The second-order valence-corrected chi connectivity index (χ2v) is 2.76. The van der Waals surface area contributed by atoms with E-state index in [-0.39, 0.29) is 0 Å². The maximum Gasteiger partial charge on any atom is 0.132 e. The second-order valence-electron chi connectivity index (χ2n) is 2.76. The standard InChI is InChI=1S/C7H8O.C5H10O/c1-8-7-5-3-2-4-6-7;1-3-5(6)4-2/h2-6H,1H3;3-4H2,1-2H3. The SMILES string of the molecule is CCC(=O)CC.COc1ccccc1. The first-order valence-corrected chi connectivity index (χ1v) is 4.85. The summed E-state index contributed by atoms with van der Waals surface area (Å²) in [5, 5.41) is 0. The monoisotopic (exact) mass is 194 g/mol. The Morgan fingerprint density at radius 1 is 1.14 bits per heavy atom. The molecule has 0 fully saturated rings. The minimum Gasteiger partial charge on any atom is -0.497 e. The van der Waals surface area contributed by atoms with Crippen LogP contribution in [0.1, 0.15) is 26.7 Å². The zero-order chi connectivity index (χ0) is 10.8. The van der Waals surface area contributed by atoms with Crippen LogP contribution in [0.5, 0.6) is 5.75 Å². The van der Waals surface area contributed by atoms with Crippen LogP contribution in [0, 0.1) is 0 Å². The summed E-state index contributed by atoms with van der Waals surface area (Å²) in [5.41, 5.74) is 0. The molecule has 0 saturated carbocycles. The third-order valence-electron chi connectivity index (χ3n) is 1.77. The molecule has 0 spiro atoms. The van der Waals surface area contributed by atoms with Crippen LogP contribution in [0.3, 0.4) is 0 Å². The first-order chi connectivity index (χ1) is 6.74. The molecule has 1 aromatic rings. The lowest BCUT2D eigenvalue weighted by Crippen LogP contribution is -1.88. The zero-order valence-corrected chi connectivity index (χ0v) is 9.12. The molecule has 2 nitrogen and oxygen atoms in total. The van der Waals surface area contributed by atoms with E-state index in [1.807, 2.05) is 44.2 Å². The Morgan fingerprint density at radius 2 is 1.64 bits per heavy atom. The van der Waals surface area contributed by atoms with Gasteiger partial charge in [0.25, 0.3) is 0 Å². The number of hydrogen-bond donors (Lipinski definition) is 0. The Bertz CT molecular complexity index is 236. The number of carbonyl (C=O) groups is 1. The zero-order valence-electron chi connectivity index (χ0n) is 9.12. The molecule has 0 N–H and O–H groups in total. The second kappa shape index (κ2) is 8.30. The Hall–Kier alpha value is -1.31. The van der Waals surface area contributed by atoms with Gasteiger partial charge in [-0.15, -0.1) is 0 Å². The molecule has 0 aliphatic rings. The number of rotatable bonds is 3. The largest absolute Gasteiger partial charge is 0.497 e. The van der Waals surface area contributed by atoms with E-state index in [4.69, 9.17) is 4.74 Å². The van der Waals surface area contributed by atoms with E-state index >= 15 is 0 Å². The lowest BCUT2D eigenvalue weighted by Gasteiger charge is -1.93. The van der Waals surface area contributed by atoms with Crippen molar-refractivity contribution in [3.63, 3.8) is 0 Å². The fourth-order valence-corrected chi connectivity index (χ4v) is 0.807. The number of ether oxygens (including phenoxy) is 1. The molecule has 0 atom stereocenters. The normalized spacial score (nSPS) is 8.50. The summed E-state index contributed by atoms with van der Waals surface area (Å²) in [6, 6.07) is 9.68. The number of methoxy groups -OCH3 is 1. The molecule has 2 heteroatoms. The van der Waals surface area contributed by atoms with Gasteiger partial charge in [-0.1, -0.05) is 32.0 Å². The van der Waals surface area contributed by atoms with Gasteiger partial charge in [-0.05, 0) is 12.1 Å². The highest BCUT2D eigenvalue weighted by Gasteiger charge is 1.86. The minimum absolute atomic E-state index is 0.343. The van der Waals surface area contributed by atoms with Gasteiger partial charge in [0.1, 0.15) is 11.5 Å². The van der Waals surface area contributed by atoms with Crippen molar-refractivity contribution >= 4 is 5.78 Å². The van der Waals surface area contributed by atoms with E-state index in [9.17, 15) is 4.79 Å². The molecule has 1 rings (SSSR count). The molecule has 0 radical (unpaired) electrons. The average molecular weight is 194 g/mol. The van der Waals surface area contributed by atoms with Crippen molar-refractivity contribution in [3.8, 4) is 5.75 Å². The fraction of sp³-hybridized carbons (Fsp3) is 0.417. The summed E-state index contributed by atoms with van der Waals surface area (Å²) < 4.78 is 4.91. The van der Waals surface area contributed by atoms with E-state index in [0.717, 1.165) is 5.75 Å². The molecule has 0 heterocycles. The van der Waals surface area contributed by atoms with Crippen LogP contribution in [0.2, 0.25) is 0 Å². The minimum atomic E-state index is 0.343. The highest BCUT2D eigenvalue weighted by Crippen LogP contribution is 2.05. The van der Waals surface area contributed by atoms with Crippen LogP contribution in [0.15, 0.2) is 30.3 Å². The molecule has 0 saturated heterocycles. The fourth-order valence-electron chi connectivity index (χ4n) is 0.807. The van der Waals surface area contributed by atoms with Crippen molar-refractivity contribution in [3.05, 3.63) is 30.3 Å². The van der Waals surface area contributed by atoms with E-state index < -0.39 is 0 Å². The summed E-state index contributed by atoms with van der Waals surface area (Å²) in [6.45, 7) is 3.76. The van der Waals surface area contributed by atoms with Gasteiger partial charge in [0.15, 0.2) is 0 Å². The summed E-state index contributed by atoms with van der Waals surface area (Å²) in [6.07, 6.45) is 1.38. The predicted molar refractivity (Wildman–Crippen MR) is 58.6 cm³/mol. The molecule has 0 amide bonds. The number of benzene rings is 1. The molecule has 0 unspecified atom stereocenters. The van der Waals surface area contributed by atoms with Gasteiger partial charge in [-0.25, -0.2) is 0 Å². The maximum atomic E-state index is 10.2. The van der Waals surface area contributed by atoms with Crippen molar-refractivity contribution in [2.45, 2.75) is 26.7 Å². The van der Waals surface area contributed by atoms with Gasteiger partial charge in [0, 0.05) is 12.8 Å². The Kier molecular flexibility index (Phi) is 7.52. The Morgan fingerprint density at radius 3 is 1.86 bits per heavy atom. The van der Waals surface area contributed by atoms with Crippen molar-refractivity contribution in [2.75, 3.05) is 7.11 Å². The molecule has 0 aliphatic heterocycles. The van der Waals surface area contributed by atoms with Gasteiger partial charge in [0.05, 0.1) is 7.11 Å². The predicted octanol–water partition coefficient (Wildman–Crippen LogP) is 3.07. The number of para-hydroxylation sites is 1. The smallest absolute Gasteiger partial charge is 0.132 e. The lowest BCUT2D eigenvalue weighted by atomic mass is 10.3. The van der Waals surface area contributed by atoms with E-state index in [1.165, 1.54) is 0 Å². The summed E-state index contributed by atoms with van der Waals surface area (Å²) in [7, 11) is 1.66. The van der Waals surface area contributed by atoms with Crippen molar-refractivity contribution < 1.29 is 9.53 Å². The number of hydrogen-bond acceptors (Lipinski definition) is 2. The van der Waals surface area contributed by atoms with E-state index in [1.54, 1.807) is 7.11 Å². The van der Waals surface area contributed by atoms with Gasteiger partial charge >= 0.3 is 0 Å². The molecule has 0 bridgehead atoms. The van der Waals surface area contributed by atoms with E-state index in [2.05, 4.69) is 0 Å². The van der Waals surface area contributed by atoms with Crippen LogP contribution in [-0.2, 0) is 4.79 Å². The first kappa shape index (κ1) is 12.7. The quantitative estimate of drug-likeness (QED) is 0.739. The molecule has 0 aliphatic carbocycles. The maximum absolute atomic E-state index is 10.2. The first-order valence-electron chi connectivity index (χ1n) is 4.85. The highest BCUT2D eigenvalue weighted by molar-refractivity contribution is 5.77. The summed E-state index contributed by atoms with van der Waals surface area (Å²) in [4.78, 5) is 10.2. The third-order valence-corrected chi connectivity index (χ3v) is 1.77. The molecule has 78 valence electrons. The van der Waals surface area contributed by atoms with Gasteiger partial charge in [0.2, 0.25) is 0 Å². The lowest BCUT2D eigenvalue weighted by molar-refractivity contribution is -0.118. The Labute approximate surface area is 85.9 Å². The van der Waals surface area contributed by atoms with Crippen molar-refractivity contribution in [1.29, 1.82) is 0 Å². The molecule has 14 heavy (non-hydrogen) atoms. The Balaban J connectivity index is 0.000000255. The summed E-state index contributed by atoms with van der Waals surface area (Å²) in [5.74, 6) is 1.25. The third kappa shape index (κ3) is 6.23. The van der Waals surface area contributed by atoms with Crippen LogP contribution in [0.4, 0.5) is 0 Å². The van der Waals surface area contributed by atoms with Gasteiger partial charge in [-0.2, -0.15) is 0 Å².